The zero-order valence-electron chi connectivity index (χ0n) is 14.9. The number of nitrogens with zero attached hydrogens (tertiary/aromatic N) is 2. The van der Waals surface area contributed by atoms with Gasteiger partial charge in [0.1, 0.15) is 17.9 Å². The first-order valence-electron chi connectivity index (χ1n) is 8.86. The van der Waals surface area contributed by atoms with E-state index in [9.17, 15) is 4.79 Å². The highest BCUT2D eigenvalue weighted by Crippen LogP contribution is 2.18. The number of carbonyl (C=O) groups is 1. The third-order valence-corrected chi connectivity index (χ3v) is 4.33. The van der Waals surface area contributed by atoms with E-state index in [2.05, 4.69) is 27.5 Å². The monoisotopic (exact) mass is 356 g/mol. The summed E-state index contributed by atoms with van der Waals surface area (Å²) in [6.07, 6.45) is 4.76. The predicted molar refractivity (Wildman–Crippen MR) is 98.1 cm³/mol. The number of amides is 1. The van der Waals surface area contributed by atoms with Gasteiger partial charge in [0.05, 0.1) is 18.7 Å². The third kappa shape index (κ3) is 4.92. The molecule has 1 aliphatic heterocycles. The number of para-hydroxylation sites is 1. The van der Waals surface area contributed by atoms with Gasteiger partial charge < -0.3 is 20.1 Å². The number of carbonyl (C=O) groups excluding carboxylic acids is 1. The van der Waals surface area contributed by atoms with Gasteiger partial charge in [-0.15, -0.1) is 0 Å². The number of ether oxygens (including phenoxy) is 2. The number of hydrogen-bond donors (Lipinski definition) is 2. The van der Waals surface area contributed by atoms with Gasteiger partial charge >= 0.3 is 0 Å². The molecule has 0 bridgehead atoms. The Morgan fingerprint density at radius 2 is 2.19 bits per heavy atom. The third-order valence-electron chi connectivity index (χ3n) is 4.33. The first-order chi connectivity index (χ1) is 12.8. The Hall–Kier alpha value is -2.67. The van der Waals surface area contributed by atoms with Gasteiger partial charge in [-0.1, -0.05) is 25.1 Å². The summed E-state index contributed by atoms with van der Waals surface area (Å²) in [5, 5.41) is 6.34. The van der Waals surface area contributed by atoms with Gasteiger partial charge in [0.25, 0.3) is 5.91 Å². The van der Waals surface area contributed by atoms with Crippen molar-refractivity contribution in [2.24, 2.45) is 0 Å². The van der Waals surface area contributed by atoms with Crippen molar-refractivity contribution in [1.29, 1.82) is 0 Å². The second kappa shape index (κ2) is 9.15. The highest BCUT2D eigenvalue weighted by molar-refractivity contribution is 5.78. The molecule has 7 heteroatoms. The number of nitrogens with one attached hydrogen (secondary N) is 2. The fourth-order valence-corrected chi connectivity index (χ4v) is 2.95. The van der Waals surface area contributed by atoms with E-state index in [1.807, 2.05) is 24.3 Å². The van der Waals surface area contributed by atoms with Crippen LogP contribution in [0.25, 0.3) is 0 Å². The van der Waals surface area contributed by atoms with E-state index < -0.39 is 0 Å². The van der Waals surface area contributed by atoms with Crippen LogP contribution in [0.15, 0.2) is 42.9 Å². The maximum absolute atomic E-state index is 12.4. The maximum atomic E-state index is 12.4. The Bertz CT molecular complexity index is 711. The molecule has 2 aromatic rings. The molecule has 1 aromatic carbocycles. The van der Waals surface area contributed by atoms with Crippen LogP contribution in [0.1, 0.15) is 18.9 Å². The number of rotatable bonds is 7. The average Bonchev–Trinajstić information content (AvgIpc) is 2.69. The average molecular weight is 356 g/mol. The largest absolute Gasteiger partial charge is 0.483 e. The summed E-state index contributed by atoms with van der Waals surface area (Å²) >= 11 is 0. The molecule has 2 N–H and O–H groups in total. The van der Waals surface area contributed by atoms with Gasteiger partial charge in [0.2, 0.25) is 0 Å². The SMILES string of the molecule is CCc1ccccc1OCC(=O)N[C@H]1CCOC[C@H]1Nc1ccncn1. The van der Waals surface area contributed by atoms with Crippen molar-refractivity contribution in [2.45, 2.75) is 31.8 Å². The van der Waals surface area contributed by atoms with E-state index in [0.29, 0.717) is 19.0 Å². The smallest absolute Gasteiger partial charge is 0.258 e. The van der Waals surface area contributed by atoms with Crippen LogP contribution in [0.4, 0.5) is 5.82 Å². The highest BCUT2D eigenvalue weighted by atomic mass is 16.5. The summed E-state index contributed by atoms with van der Waals surface area (Å²) in [7, 11) is 0. The van der Waals surface area contributed by atoms with E-state index in [4.69, 9.17) is 9.47 Å². The molecule has 1 saturated heterocycles. The maximum Gasteiger partial charge on any atom is 0.258 e. The van der Waals surface area contributed by atoms with Crippen LogP contribution in [-0.4, -0.2) is 47.8 Å². The molecule has 7 nitrogen and oxygen atoms in total. The zero-order valence-corrected chi connectivity index (χ0v) is 14.9. The zero-order chi connectivity index (χ0) is 18.2. The second-order valence-corrected chi connectivity index (χ2v) is 6.13. The van der Waals surface area contributed by atoms with Crippen molar-refractivity contribution in [1.82, 2.24) is 15.3 Å². The summed E-state index contributed by atoms with van der Waals surface area (Å²) in [5.74, 6) is 1.33. The highest BCUT2D eigenvalue weighted by Gasteiger charge is 2.27. The Labute approximate surface area is 153 Å². The molecule has 2 atom stereocenters. The van der Waals surface area contributed by atoms with E-state index in [0.717, 1.165) is 24.2 Å². The van der Waals surface area contributed by atoms with E-state index in [-0.39, 0.29) is 24.6 Å². The van der Waals surface area contributed by atoms with Crippen molar-refractivity contribution in [2.75, 3.05) is 25.1 Å². The molecule has 1 aliphatic rings. The van der Waals surface area contributed by atoms with Crippen LogP contribution >= 0.6 is 0 Å². The molecule has 3 rings (SSSR count). The van der Waals surface area contributed by atoms with Crippen LogP contribution < -0.4 is 15.4 Å². The fraction of sp³-hybridized carbons (Fsp3) is 0.421. The number of anilines is 1. The Morgan fingerprint density at radius 3 is 3.00 bits per heavy atom. The topological polar surface area (TPSA) is 85.4 Å². The quantitative estimate of drug-likeness (QED) is 0.787. The van der Waals surface area contributed by atoms with Crippen molar-refractivity contribution in [3.05, 3.63) is 48.4 Å². The lowest BCUT2D eigenvalue weighted by molar-refractivity contribution is -0.124. The van der Waals surface area contributed by atoms with Gasteiger partial charge in [-0.3, -0.25) is 4.79 Å². The van der Waals surface area contributed by atoms with E-state index >= 15 is 0 Å². The lowest BCUT2D eigenvalue weighted by Gasteiger charge is -2.33. The number of aryl methyl sites for hydroxylation is 1. The Balaban J connectivity index is 1.54. The minimum absolute atomic E-state index is 0.00536. The number of hydrogen-bond acceptors (Lipinski definition) is 6. The van der Waals surface area contributed by atoms with Crippen LogP contribution in [0.3, 0.4) is 0 Å². The Morgan fingerprint density at radius 1 is 1.31 bits per heavy atom. The molecule has 2 heterocycles. The molecule has 0 saturated carbocycles. The first kappa shape index (κ1) is 18.1. The summed E-state index contributed by atoms with van der Waals surface area (Å²) in [6, 6.07) is 9.47. The molecule has 1 aromatic heterocycles. The molecule has 0 radical (unpaired) electrons. The molecule has 0 unspecified atom stereocenters. The standard InChI is InChI=1S/C19H24N4O3/c1-2-14-5-3-4-6-17(14)26-12-19(24)23-15-8-10-25-11-16(15)22-18-7-9-20-13-21-18/h3-7,9,13,15-16H,2,8,10-12H2,1H3,(H,23,24)(H,20,21,22)/t15-,16+/m0/s1. The molecule has 138 valence electrons. The van der Waals surface area contributed by atoms with Gasteiger partial charge in [-0.25, -0.2) is 9.97 Å². The molecule has 1 amide bonds. The van der Waals surface area contributed by atoms with Crippen molar-refractivity contribution >= 4 is 11.7 Å². The molecule has 0 aliphatic carbocycles. The summed E-state index contributed by atoms with van der Waals surface area (Å²) in [6.45, 7) is 3.18. The molecule has 1 fully saturated rings. The van der Waals surface area contributed by atoms with Crippen molar-refractivity contribution in [3.63, 3.8) is 0 Å². The van der Waals surface area contributed by atoms with Crippen molar-refractivity contribution in [3.8, 4) is 5.75 Å². The molecular formula is C19H24N4O3. The number of benzene rings is 1. The summed E-state index contributed by atoms with van der Waals surface area (Å²) in [4.78, 5) is 20.4. The summed E-state index contributed by atoms with van der Waals surface area (Å²) in [5.41, 5.74) is 1.09. The van der Waals surface area contributed by atoms with Gasteiger partial charge in [0, 0.05) is 12.8 Å². The lowest BCUT2D eigenvalue weighted by atomic mass is 10.0. The Kier molecular flexibility index (Phi) is 6.38. The van der Waals surface area contributed by atoms with Gasteiger partial charge in [-0.05, 0) is 30.5 Å². The molecular weight excluding hydrogens is 332 g/mol. The minimum Gasteiger partial charge on any atom is -0.483 e. The first-order valence-corrected chi connectivity index (χ1v) is 8.86. The fourth-order valence-electron chi connectivity index (χ4n) is 2.95. The second-order valence-electron chi connectivity index (χ2n) is 6.13. The van der Waals surface area contributed by atoms with Crippen LogP contribution in [0.2, 0.25) is 0 Å². The van der Waals surface area contributed by atoms with Crippen LogP contribution in [-0.2, 0) is 16.0 Å². The predicted octanol–water partition coefficient (Wildman–Crippen LogP) is 1.80. The lowest BCUT2D eigenvalue weighted by Crippen LogP contribution is -2.53. The van der Waals surface area contributed by atoms with Crippen LogP contribution in [0.5, 0.6) is 5.75 Å². The van der Waals surface area contributed by atoms with Gasteiger partial charge in [0.15, 0.2) is 6.61 Å². The van der Waals surface area contributed by atoms with Crippen molar-refractivity contribution < 1.29 is 14.3 Å². The minimum atomic E-state index is -0.141. The molecule has 26 heavy (non-hydrogen) atoms. The summed E-state index contributed by atoms with van der Waals surface area (Å²) < 4.78 is 11.2. The normalized spacial score (nSPS) is 19.6. The van der Waals surface area contributed by atoms with Gasteiger partial charge in [-0.2, -0.15) is 0 Å². The number of aromatic nitrogens is 2. The van der Waals surface area contributed by atoms with E-state index in [1.165, 1.54) is 6.33 Å². The molecule has 0 spiro atoms. The van der Waals surface area contributed by atoms with Crippen LogP contribution in [0, 0.1) is 0 Å². The van der Waals surface area contributed by atoms with E-state index in [1.54, 1.807) is 12.3 Å².